The van der Waals surface area contributed by atoms with E-state index in [0.717, 1.165) is 5.56 Å². The maximum Gasteiger partial charge on any atom is 0.306 e. The summed E-state index contributed by atoms with van der Waals surface area (Å²) in [5.74, 6) is 0.245. The highest BCUT2D eigenvalue weighted by atomic mass is 35.5. The summed E-state index contributed by atoms with van der Waals surface area (Å²) in [4.78, 5) is 28.2. The standard InChI is InChI=1S/C21H20ClN3O5/c1-2-28-17-6-4-3-5-16(17)23-18(26)13-29-20(27)12-11-19-24-21(25-30-19)14-7-9-15(22)10-8-14/h3-10H,2,11-13H2,1H3,(H,23,26). The first-order valence-electron chi connectivity index (χ1n) is 9.31. The van der Waals surface area contributed by atoms with Crippen LogP contribution in [0.3, 0.4) is 0 Å². The number of halogens is 1. The Kier molecular flexibility index (Phi) is 7.40. The number of hydrogen-bond donors (Lipinski definition) is 1. The molecule has 30 heavy (non-hydrogen) atoms. The van der Waals surface area contributed by atoms with Gasteiger partial charge in [0.1, 0.15) is 5.75 Å². The van der Waals surface area contributed by atoms with Gasteiger partial charge in [0.15, 0.2) is 6.61 Å². The Morgan fingerprint density at radius 3 is 2.67 bits per heavy atom. The first-order chi connectivity index (χ1) is 14.5. The number of aryl methyl sites for hydroxylation is 1. The van der Waals surface area contributed by atoms with Gasteiger partial charge in [-0.2, -0.15) is 4.98 Å². The van der Waals surface area contributed by atoms with Crippen LogP contribution in [0.4, 0.5) is 5.69 Å². The maximum atomic E-state index is 12.0. The van der Waals surface area contributed by atoms with Crippen LogP contribution in [0.2, 0.25) is 5.02 Å². The van der Waals surface area contributed by atoms with Crippen molar-refractivity contribution in [2.24, 2.45) is 0 Å². The highest BCUT2D eigenvalue weighted by Crippen LogP contribution is 2.23. The van der Waals surface area contributed by atoms with Crippen LogP contribution in [0.15, 0.2) is 53.1 Å². The van der Waals surface area contributed by atoms with Crippen molar-refractivity contribution in [1.29, 1.82) is 0 Å². The summed E-state index contributed by atoms with van der Waals surface area (Å²) in [7, 11) is 0. The van der Waals surface area contributed by atoms with Gasteiger partial charge in [0, 0.05) is 17.0 Å². The number of rotatable bonds is 9. The molecule has 156 valence electrons. The lowest BCUT2D eigenvalue weighted by molar-refractivity contribution is -0.147. The predicted molar refractivity (Wildman–Crippen MR) is 110 cm³/mol. The van der Waals surface area contributed by atoms with E-state index >= 15 is 0 Å². The Labute approximate surface area is 178 Å². The van der Waals surface area contributed by atoms with Crippen LogP contribution in [-0.2, 0) is 20.7 Å². The van der Waals surface area contributed by atoms with Crippen molar-refractivity contribution in [2.45, 2.75) is 19.8 Å². The Bertz CT molecular complexity index is 1000. The number of nitrogens with zero attached hydrogens (tertiary/aromatic N) is 2. The van der Waals surface area contributed by atoms with Crippen molar-refractivity contribution in [3.8, 4) is 17.1 Å². The highest BCUT2D eigenvalue weighted by Gasteiger charge is 2.13. The van der Waals surface area contributed by atoms with E-state index < -0.39 is 18.5 Å². The topological polar surface area (TPSA) is 104 Å². The lowest BCUT2D eigenvalue weighted by Crippen LogP contribution is -2.21. The molecule has 0 aliphatic carbocycles. The summed E-state index contributed by atoms with van der Waals surface area (Å²) in [6.45, 7) is 1.92. The second-order valence-corrected chi connectivity index (χ2v) is 6.59. The number of ether oxygens (including phenoxy) is 2. The van der Waals surface area contributed by atoms with Crippen molar-refractivity contribution in [3.05, 3.63) is 59.4 Å². The molecule has 0 saturated heterocycles. The van der Waals surface area contributed by atoms with Crippen LogP contribution in [0.1, 0.15) is 19.2 Å². The molecule has 3 aromatic rings. The Morgan fingerprint density at radius 1 is 1.13 bits per heavy atom. The van der Waals surface area contributed by atoms with Gasteiger partial charge in [-0.1, -0.05) is 28.9 Å². The number of esters is 1. The van der Waals surface area contributed by atoms with Crippen LogP contribution in [0.25, 0.3) is 11.4 Å². The van der Waals surface area contributed by atoms with Crippen molar-refractivity contribution < 1.29 is 23.6 Å². The Hall–Kier alpha value is -3.39. The molecule has 0 spiro atoms. The number of nitrogens with one attached hydrogen (secondary N) is 1. The zero-order chi connectivity index (χ0) is 21.3. The first kappa shape index (κ1) is 21.3. The number of amides is 1. The Morgan fingerprint density at radius 2 is 1.90 bits per heavy atom. The van der Waals surface area contributed by atoms with Gasteiger partial charge in [-0.05, 0) is 43.3 Å². The number of para-hydroxylation sites is 2. The molecule has 0 fully saturated rings. The van der Waals surface area contributed by atoms with Crippen molar-refractivity contribution in [1.82, 2.24) is 10.1 Å². The van der Waals surface area contributed by atoms with Gasteiger partial charge >= 0.3 is 5.97 Å². The summed E-state index contributed by atoms with van der Waals surface area (Å²) in [6.07, 6.45) is 0.208. The van der Waals surface area contributed by atoms with E-state index in [-0.39, 0.29) is 12.8 Å². The molecule has 9 heteroatoms. The number of carbonyl (C=O) groups excluding carboxylic acids is 2. The molecule has 0 saturated carbocycles. The van der Waals surface area contributed by atoms with Crippen LogP contribution in [0.5, 0.6) is 5.75 Å². The number of hydrogen-bond acceptors (Lipinski definition) is 7. The second-order valence-electron chi connectivity index (χ2n) is 6.16. The van der Waals surface area contributed by atoms with E-state index in [1.54, 1.807) is 48.5 Å². The van der Waals surface area contributed by atoms with Crippen LogP contribution >= 0.6 is 11.6 Å². The molecule has 1 N–H and O–H groups in total. The van der Waals surface area contributed by atoms with E-state index in [0.29, 0.717) is 34.8 Å². The minimum absolute atomic E-state index is 0.00502. The van der Waals surface area contributed by atoms with Crippen molar-refractivity contribution >= 4 is 29.2 Å². The summed E-state index contributed by atoms with van der Waals surface area (Å²) in [5, 5.41) is 7.15. The molecule has 0 radical (unpaired) electrons. The third-order valence-electron chi connectivity index (χ3n) is 3.94. The van der Waals surface area contributed by atoms with Crippen LogP contribution < -0.4 is 10.1 Å². The minimum atomic E-state index is -0.547. The number of aromatic nitrogens is 2. The smallest absolute Gasteiger partial charge is 0.306 e. The summed E-state index contributed by atoms with van der Waals surface area (Å²) < 4.78 is 15.6. The summed E-state index contributed by atoms with van der Waals surface area (Å²) in [6, 6.07) is 14.0. The maximum absolute atomic E-state index is 12.0. The van der Waals surface area contributed by atoms with E-state index in [2.05, 4.69) is 15.5 Å². The van der Waals surface area contributed by atoms with Crippen LogP contribution in [0, 0.1) is 0 Å². The number of carbonyl (C=O) groups is 2. The normalized spacial score (nSPS) is 10.5. The summed E-state index contributed by atoms with van der Waals surface area (Å²) in [5.41, 5.74) is 1.27. The van der Waals surface area contributed by atoms with Gasteiger partial charge in [0.25, 0.3) is 5.91 Å². The number of anilines is 1. The fraction of sp³-hybridized carbons (Fsp3) is 0.238. The number of benzene rings is 2. The van der Waals surface area contributed by atoms with Crippen molar-refractivity contribution in [3.63, 3.8) is 0 Å². The average Bonchev–Trinajstić information content (AvgIpc) is 3.22. The second kappa shape index (κ2) is 10.4. The molecule has 0 atom stereocenters. The largest absolute Gasteiger partial charge is 0.492 e. The third-order valence-corrected chi connectivity index (χ3v) is 4.19. The zero-order valence-electron chi connectivity index (χ0n) is 16.3. The quantitative estimate of drug-likeness (QED) is 0.514. The molecule has 0 aliphatic heterocycles. The van der Waals surface area contributed by atoms with E-state index in [9.17, 15) is 9.59 Å². The van der Waals surface area contributed by atoms with Gasteiger partial charge in [-0.3, -0.25) is 9.59 Å². The molecule has 0 aliphatic rings. The molecule has 1 aromatic heterocycles. The minimum Gasteiger partial charge on any atom is -0.492 e. The molecule has 1 amide bonds. The first-order valence-corrected chi connectivity index (χ1v) is 9.68. The monoisotopic (exact) mass is 429 g/mol. The van der Waals surface area contributed by atoms with Crippen LogP contribution in [-0.4, -0.2) is 35.2 Å². The van der Waals surface area contributed by atoms with Gasteiger partial charge in [0.2, 0.25) is 11.7 Å². The molecular formula is C21H20ClN3O5. The fourth-order valence-electron chi connectivity index (χ4n) is 2.54. The molecule has 0 bridgehead atoms. The molecule has 2 aromatic carbocycles. The van der Waals surface area contributed by atoms with Gasteiger partial charge in [-0.15, -0.1) is 0 Å². The molecule has 8 nitrogen and oxygen atoms in total. The fourth-order valence-corrected chi connectivity index (χ4v) is 2.66. The lowest BCUT2D eigenvalue weighted by Gasteiger charge is -2.11. The highest BCUT2D eigenvalue weighted by molar-refractivity contribution is 6.30. The lowest BCUT2D eigenvalue weighted by atomic mass is 10.2. The average molecular weight is 430 g/mol. The third kappa shape index (κ3) is 6.05. The molecule has 1 heterocycles. The zero-order valence-corrected chi connectivity index (χ0v) is 17.0. The molecule has 3 rings (SSSR count). The van der Waals surface area contributed by atoms with E-state index in [1.165, 1.54) is 0 Å². The van der Waals surface area contributed by atoms with Crippen molar-refractivity contribution in [2.75, 3.05) is 18.5 Å². The Balaban J connectivity index is 1.44. The molecular weight excluding hydrogens is 410 g/mol. The van der Waals surface area contributed by atoms with Gasteiger partial charge in [0.05, 0.1) is 18.7 Å². The van der Waals surface area contributed by atoms with E-state index in [4.69, 9.17) is 25.6 Å². The van der Waals surface area contributed by atoms with E-state index in [1.807, 2.05) is 6.92 Å². The van der Waals surface area contributed by atoms with Gasteiger partial charge < -0.3 is 19.3 Å². The SMILES string of the molecule is CCOc1ccccc1NC(=O)COC(=O)CCc1nc(-c2ccc(Cl)cc2)no1. The summed E-state index contributed by atoms with van der Waals surface area (Å²) >= 11 is 5.86. The predicted octanol–water partition coefficient (Wildman–Crippen LogP) is 3.90. The van der Waals surface area contributed by atoms with Gasteiger partial charge in [-0.25, -0.2) is 0 Å². The molecule has 0 unspecified atom stereocenters.